The molecule has 0 aliphatic rings. The number of nitrogens with zero attached hydrogens (tertiary/aromatic N) is 1. The zero-order valence-electron chi connectivity index (χ0n) is 9.48. The van der Waals surface area contributed by atoms with Gasteiger partial charge in [0, 0.05) is 6.04 Å². The summed E-state index contributed by atoms with van der Waals surface area (Å²) in [5, 5.41) is 11.3. The van der Waals surface area contributed by atoms with E-state index in [1.165, 1.54) is 6.08 Å². The largest absolute Gasteiger partial charge is 0.394 e. The fourth-order valence-electron chi connectivity index (χ4n) is 1.18. The summed E-state index contributed by atoms with van der Waals surface area (Å²) in [6.45, 7) is 2.07. The molecule has 92 valence electrons. The molecule has 0 rings (SSSR count). The van der Waals surface area contributed by atoms with E-state index in [0.29, 0.717) is 13.0 Å². The molecule has 0 saturated heterocycles. The molecule has 0 fully saturated rings. The first kappa shape index (κ1) is 14.8. The van der Waals surface area contributed by atoms with Crippen LogP contribution in [0.15, 0.2) is 4.99 Å². The normalized spacial score (nSPS) is 13.7. The number of carbonyl (C=O) groups is 1. The van der Waals surface area contributed by atoms with Crippen LogP contribution in [0, 0.1) is 0 Å². The molecule has 16 heavy (non-hydrogen) atoms. The SMILES string of the molecule is CC(CO)NC(=O)[C@H](CCCCN)N=C=O. The van der Waals surface area contributed by atoms with E-state index in [4.69, 9.17) is 10.8 Å². The van der Waals surface area contributed by atoms with Gasteiger partial charge in [-0.15, -0.1) is 0 Å². The Morgan fingerprint density at radius 1 is 1.56 bits per heavy atom. The first-order chi connectivity index (χ1) is 7.65. The van der Waals surface area contributed by atoms with Crippen molar-refractivity contribution in [1.29, 1.82) is 0 Å². The third-order valence-corrected chi connectivity index (χ3v) is 2.11. The molecule has 1 amide bonds. The van der Waals surface area contributed by atoms with Crippen molar-refractivity contribution in [3.05, 3.63) is 0 Å². The molecule has 0 aliphatic heterocycles. The van der Waals surface area contributed by atoms with Gasteiger partial charge in [-0.05, 0) is 32.7 Å². The predicted octanol–water partition coefficient (Wildman–Crippen LogP) is -0.683. The van der Waals surface area contributed by atoms with E-state index in [0.717, 1.165) is 12.8 Å². The van der Waals surface area contributed by atoms with Gasteiger partial charge in [0.15, 0.2) is 0 Å². The van der Waals surface area contributed by atoms with E-state index in [-0.39, 0.29) is 18.6 Å². The first-order valence-corrected chi connectivity index (χ1v) is 5.34. The number of aliphatic imine (C=N–C) groups is 1. The Morgan fingerprint density at radius 2 is 2.25 bits per heavy atom. The number of unbranched alkanes of at least 4 members (excludes halogenated alkanes) is 1. The molecule has 2 atom stereocenters. The van der Waals surface area contributed by atoms with Gasteiger partial charge >= 0.3 is 0 Å². The molecule has 4 N–H and O–H groups in total. The van der Waals surface area contributed by atoms with Crippen LogP contribution in [0.5, 0.6) is 0 Å². The quantitative estimate of drug-likeness (QED) is 0.291. The van der Waals surface area contributed by atoms with Crippen LogP contribution < -0.4 is 11.1 Å². The van der Waals surface area contributed by atoms with Crippen LogP contribution in [-0.2, 0) is 9.59 Å². The molecule has 0 radical (unpaired) electrons. The molecule has 0 aliphatic carbocycles. The smallest absolute Gasteiger partial charge is 0.246 e. The highest BCUT2D eigenvalue weighted by Crippen LogP contribution is 2.04. The number of aliphatic hydroxyl groups is 1. The van der Waals surface area contributed by atoms with Crippen molar-refractivity contribution in [1.82, 2.24) is 5.32 Å². The second kappa shape index (κ2) is 9.03. The summed E-state index contributed by atoms with van der Waals surface area (Å²) in [4.78, 5) is 25.2. The van der Waals surface area contributed by atoms with Gasteiger partial charge in [0.25, 0.3) is 0 Å². The Hall–Kier alpha value is -1.23. The molecule has 0 bridgehead atoms. The third-order valence-electron chi connectivity index (χ3n) is 2.11. The van der Waals surface area contributed by atoms with Crippen LogP contribution in [0.1, 0.15) is 26.2 Å². The second-order valence-corrected chi connectivity index (χ2v) is 3.61. The Labute approximate surface area is 94.9 Å². The zero-order chi connectivity index (χ0) is 12.4. The molecule has 0 heterocycles. The number of hydrogen-bond donors (Lipinski definition) is 3. The lowest BCUT2D eigenvalue weighted by Gasteiger charge is -2.14. The number of carbonyl (C=O) groups excluding carboxylic acids is 2. The van der Waals surface area contributed by atoms with E-state index < -0.39 is 6.04 Å². The molecule has 0 spiro atoms. The zero-order valence-corrected chi connectivity index (χ0v) is 9.48. The Balaban J connectivity index is 4.18. The average molecular weight is 229 g/mol. The minimum Gasteiger partial charge on any atom is -0.394 e. The van der Waals surface area contributed by atoms with Gasteiger partial charge in [0.2, 0.25) is 12.0 Å². The number of nitrogens with one attached hydrogen (secondary N) is 1. The summed E-state index contributed by atoms with van der Waals surface area (Å²) in [6.07, 6.45) is 3.37. The van der Waals surface area contributed by atoms with Crippen molar-refractivity contribution in [2.75, 3.05) is 13.2 Å². The maximum atomic E-state index is 11.6. The molecule has 6 heteroatoms. The summed E-state index contributed by atoms with van der Waals surface area (Å²) in [6, 6.07) is -1.07. The number of isocyanates is 1. The summed E-state index contributed by atoms with van der Waals surface area (Å²) < 4.78 is 0. The fourth-order valence-corrected chi connectivity index (χ4v) is 1.18. The van der Waals surface area contributed by atoms with Crippen LogP contribution in [-0.4, -0.2) is 42.3 Å². The van der Waals surface area contributed by atoms with E-state index in [2.05, 4.69) is 10.3 Å². The van der Waals surface area contributed by atoms with Gasteiger partial charge in [-0.25, -0.2) is 4.79 Å². The highest BCUT2D eigenvalue weighted by molar-refractivity contribution is 5.82. The monoisotopic (exact) mass is 229 g/mol. The first-order valence-electron chi connectivity index (χ1n) is 5.34. The molecular formula is C10H19N3O3. The van der Waals surface area contributed by atoms with Gasteiger partial charge in [-0.3, -0.25) is 4.79 Å². The van der Waals surface area contributed by atoms with Crippen molar-refractivity contribution < 1.29 is 14.7 Å². The number of rotatable bonds is 8. The third kappa shape index (κ3) is 6.29. The van der Waals surface area contributed by atoms with Crippen molar-refractivity contribution in [3.63, 3.8) is 0 Å². The van der Waals surface area contributed by atoms with Crippen LogP contribution >= 0.6 is 0 Å². The highest BCUT2D eigenvalue weighted by atomic mass is 16.3. The standard InChI is InChI=1S/C10H19N3O3/c1-8(6-14)13-10(16)9(12-7-15)4-2-3-5-11/h8-9,14H,2-6,11H2,1H3,(H,13,16)/t8?,9-/m0/s1. The van der Waals surface area contributed by atoms with Gasteiger partial charge in [0.05, 0.1) is 6.61 Å². The number of hydrogen-bond acceptors (Lipinski definition) is 5. The van der Waals surface area contributed by atoms with Crippen molar-refractivity contribution in [2.45, 2.75) is 38.3 Å². The lowest BCUT2D eigenvalue weighted by molar-refractivity contribution is -0.123. The minimum atomic E-state index is -0.724. The molecular weight excluding hydrogens is 210 g/mol. The van der Waals surface area contributed by atoms with E-state index in [1.807, 2.05) is 0 Å². The summed E-state index contributed by atoms with van der Waals surface area (Å²) >= 11 is 0. The number of nitrogens with two attached hydrogens (primary N) is 1. The Kier molecular flexibility index (Phi) is 8.34. The predicted molar refractivity (Wildman–Crippen MR) is 59.5 cm³/mol. The lowest BCUT2D eigenvalue weighted by atomic mass is 10.1. The minimum absolute atomic E-state index is 0.147. The van der Waals surface area contributed by atoms with Crippen LogP contribution in [0.4, 0.5) is 0 Å². The molecule has 0 saturated carbocycles. The maximum Gasteiger partial charge on any atom is 0.246 e. The second-order valence-electron chi connectivity index (χ2n) is 3.61. The van der Waals surface area contributed by atoms with Crippen molar-refractivity contribution >= 4 is 12.0 Å². The van der Waals surface area contributed by atoms with Crippen molar-refractivity contribution in [2.24, 2.45) is 10.7 Å². The molecule has 0 aromatic heterocycles. The van der Waals surface area contributed by atoms with E-state index in [9.17, 15) is 9.59 Å². The molecule has 1 unspecified atom stereocenters. The van der Waals surface area contributed by atoms with Gasteiger partial charge in [-0.2, -0.15) is 4.99 Å². The molecule has 0 aromatic rings. The summed E-state index contributed by atoms with van der Waals surface area (Å²) in [5.41, 5.74) is 5.33. The van der Waals surface area contributed by atoms with Gasteiger partial charge in [0.1, 0.15) is 6.04 Å². The Morgan fingerprint density at radius 3 is 2.75 bits per heavy atom. The fraction of sp³-hybridized carbons (Fsp3) is 0.800. The van der Waals surface area contributed by atoms with Crippen LogP contribution in [0.3, 0.4) is 0 Å². The Bertz CT molecular complexity index is 252. The van der Waals surface area contributed by atoms with Gasteiger partial charge in [-0.1, -0.05) is 0 Å². The number of amides is 1. The van der Waals surface area contributed by atoms with Crippen LogP contribution in [0.2, 0.25) is 0 Å². The maximum absolute atomic E-state index is 11.6. The van der Waals surface area contributed by atoms with Crippen molar-refractivity contribution in [3.8, 4) is 0 Å². The van der Waals surface area contributed by atoms with E-state index in [1.54, 1.807) is 6.92 Å². The molecule has 0 aromatic carbocycles. The van der Waals surface area contributed by atoms with Gasteiger partial charge < -0.3 is 16.2 Å². The van der Waals surface area contributed by atoms with E-state index >= 15 is 0 Å². The van der Waals surface area contributed by atoms with Crippen LogP contribution in [0.25, 0.3) is 0 Å². The highest BCUT2D eigenvalue weighted by Gasteiger charge is 2.18. The number of aliphatic hydroxyl groups excluding tert-OH is 1. The summed E-state index contributed by atoms with van der Waals surface area (Å²) in [5.74, 6) is -0.359. The summed E-state index contributed by atoms with van der Waals surface area (Å²) in [7, 11) is 0. The average Bonchev–Trinajstić information content (AvgIpc) is 2.27. The molecule has 6 nitrogen and oxygen atoms in total. The topological polar surface area (TPSA) is 105 Å². The lowest BCUT2D eigenvalue weighted by Crippen LogP contribution is -2.41.